The number of rotatable bonds is 5. The van der Waals surface area contributed by atoms with Crippen molar-refractivity contribution < 1.29 is 13.2 Å². The van der Waals surface area contributed by atoms with Crippen molar-refractivity contribution in [1.29, 1.82) is 0 Å². The molecule has 1 amide bonds. The Kier molecular flexibility index (Phi) is 5.38. The van der Waals surface area contributed by atoms with Crippen LogP contribution in [0.4, 0.5) is 0 Å². The average molecular weight is 359 g/mol. The number of carbonyl (C=O) groups is 1. The Balaban J connectivity index is 2.02. The van der Waals surface area contributed by atoms with E-state index >= 15 is 0 Å². The molecule has 23 heavy (non-hydrogen) atoms. The molecule has 1 atom stereocenters. The van der Waals surface area contributed by atoms with Crippen LogP contribution in [0.3, 0.4) is 0 Å². The molecule has 0 radical (unpaired) electrons. The Hall–Kier alpha value is -1.11. The summed E-state index contributed by atoms with van der Waals surface area (Å²) in [5.41, 5.74) is 0.794. The van der Waals surface area contributed by atoms with Gasteiger partial charge >= 0.3 is 0 Å². The molecule has 0 aliphatic carbocycles. The number of nitrogens with zero attached hydrogens (tertiary/aromatic N) is 1. The molecule has 0 saturated carbocycles. The van der Waals surface area contributed by atoms with Gasteiger partial charge in [-0.25, -0.2) is 8.42 Å². The quantitative estimate of drug-likeness (QED) is 0.877. The second-order valence-electron chi connectivity index (χ2n) is 6.64. The van der Waals surface area contributed by atoms with Gasteiger partial charge in [0, 0.05) is 23.5 Å². The minimum Gasteiger partial charge on any atom is -0.354 e. The van der Waals surface area contributed by atoms with Gasteiger partial charge in [0.1, 0.15) is 6.04 Å². The van der Waals surface area contributed by atoms with Gasteiger partial charge in [0.15, 0.2) is 0 Å². The lowest BCUT2D eigenvalue weighted by atomic mass is 9.84. The molecule has 0 unspecified atom stereocenters. The van der Waals surface area contributed by atoms with E-state index in [0.29, 0.717) is 31.0 Å². The van der Waals surface area contributed by atoms with Crippen molar-refractivity contribution in [3.05, 3.63) is 34.9 Å². The van der Waals surface area contributed by atoms with Crippen LogP contribution in [0.15, 0.2) is 24.3 Å². The Morgan fingerprint density at radius 3 is 2.52 bits per heavy atom. The summed E-state index contributed by atoms with van der Waals surface area (Å²) < 4.78 is 24.8. The number of hydrogen-bond acceptors (Lipinski definition) is 3. The van der Waals surface area contributed by atoms with Crippen LogP contribution < -0.4 is 5.32 Å². The summed E-state index contributed by atoms with van der Waals surface area (Å²) in [6, 6.07) is 6.93. The summed E-state index contributed by atoms with van der Waals surface area (Å²) in [6.07, 6.45) is 2.43. The lowest BCUT2D eigenvalue weighted by Crippen LogP contribution is -2.48. The highest BCUT2D eigenvalue weighted by Crippen LogP contribution is 2.25. The number of amides is 1. The Bertz CT molecular complexity index is 671. The maximum atomic E-state index is 12.4. The van der Waals surface area contributed by atoms with Crippen LogP contribution in [-0.2, 0) is 20.2 Å². The van der Waals surface area contributed by atoms with E-state index in [0.717, 1.165) is 11.8 Å². The lowest BCUT2D eigenvalue weighted by Gasteiger charge is -2.28. The number of hydrogen-bond donors (Lipinski definition) is 1. The molecule has 0 aromatic heterocycles. The highest BCUT2D eigenvalue weighted by molar-refractivity contribution is 7.88. The zero-order chi connectivity index (χ0) is 17.3. The molecule has 1 aromatic carbocycles. The molecule has 2 rings (SSSR count). The van der Waals surface area contributed by atoms with Gasteiger partial charge in [0.05, 0.1) is 6.26 Å². The van der Waals surface area contributed by atoms with Crippen LogP contribution in [0.2, 0.25) is 5.02 Å². The van der Waals surface area contributed by atoms with E-state index in [2.05, 4.69) is 5.32 Å². The first-order valence-corrected chi connectivity index (χ1v) is 9.84. The highest BCUT2D eigenvalue weighted by Gasteiger charge is 2.36. The van der Waals surface area contributed by atoms with Gasteiger partial charge in [0.25, 0.3) is 0 Å². The largest absolute Gasteiger partial charge is 0.354 e. The Labute approximate surface area is 143 Å². The van der Waals surface area contributed by atoms with Crippen molar-refractivity contribution in [2.75, 3.05) is 19.3 Å². The Morgan fingerprint density at radius 1 is 1.35 bits per heavy atom. The third kappa shape index (κ3) is 4.46. The van der Waals surface area contributed by atoms with E-state index in [1.807, 2.05) is 38.1 Å². The van der Waals surface area contributed by atoms with Gasteiger partial charge in [-0.3, -0.25) is 4.79 Å². The van der Waals surface area contributed by atoms with E-state index < -0.39 is 16.1 Å². The number of nitrogens with one attached hydrogen (secondary N) is 1. The van der Waals surface area contributed by atoms with Crippen molar-refractivity contribution in [3.63, 3.8) is 0 Å². The molecule has 1 aliphatic rings. The van der Waals surface area contributed by atoms with E-state index in [4.69, 9.17) is 11.6 Å². The maximum absolute atomic E-state index is 12.4. The van der Waals surface area contributed by atoms with Crippen LogP contribution in [0.25, 0.3) is 0 Å². The first kappa shape index (κ1) is 18.2. The molecular formula is C16H23ClN2O3S. The van der Waals surface area contributed by atoms with E-state index in [-0.39, 0.29) is 11.3 Å². The molecule has 0 spiro atoms. The first-order chi connectivity index (χ1) is 10.6. The van der Waals surface area contributed by atoms with Gasteiger partial charge in [-0.15, -0.1) is 0 Å². The molecule has 1 fully saturated rings. The normalized spacial score (nSPS) is 19.7. The molecular weight excluding hydrogens is 336 g/mol. The number of sulfonamides is 1. The van der Waals surface area contributed by atoms with Gasteiger partial charge in [0.2, 0.25) is 15.9 Å². The molecule has 1 aliphatic heterocycles. The van der Waals surface area contributed by atoms with E-state index in [1.54, 1.807) is 0 Å². The molecule has 5 nitrogen and oxygen atoms in total. The van der Waals surface area contributed by atoms with Crippen LogP contribution in [0.1, 0.15) is 32.3 Å². The minimum atomic E-state index is -3.35. The zero-order valence-electron chi connectivity index (χ0n) is 13.7. The van der Waals surface area contributed by atoms with E-state index in [9.17, 15) is 13.2 Å². The van der Waals surface area contributed by atoms with Gasteiger partial charge in [-0.1, -0.05) is 37.6 Å². The van der Waals surface area contributed by atoms with Crippen molar-refractivity contribution in [3.8, 4) is 0 Å². The highest BCUT2D eigenvalue weighted by atomic mass is 35.5. The average Bonchev–Trinajstić information content (AvgIpc) is 2.95. The number of halogens is 1. The fourth-order valence-electron chi connectivity index (χ4n) is 2.83. The standard InChI is InChI=1S/C16H23ClN2O3S/c1-16(2,12-6-8-13(17)9-7-12)11-18-15(20)14-5-4-10-19(14)23(3,21)22/h6-9,14H,4-5,10-11H2,1-3H3,(H,18,20)/t14-/m1/s1. The molecule has 128 valence electrons. The fraction of sp³-hybridized carbons (Fsp3) is 0.562. The third-order valence-electron chi connectivity index (χ3n) is 4.26. The summed E-state index contributed by atoms with van der Waals surface area (Å²) >= 11 is 5.90. The predicted molar refractivity (Wildman–Crippen MR) is 92.1 cm³/mol. The maximum Gasteiger partial charge on any atom is 0.238 e. The lowest BCUT2D eigenvalue weighted by molar-refractivity contribution is -0.124. The molecule has 1 heterocycles. The predicted octanol–water partition coefficient (Wildman–Crippen LogP) is 2.16. The summed E-state index contributed by atoms with van der Waals surface area (Å²) in [5, 5.41) is 3.57. The van der Waals surface area contributed by atoms with Crippen molar-refractivity contribution in [2.24, 2.45) is 0 Å². The smallest absolute Gasteiger partial charge is 0.238 e. The van der Waals surface area contributed by atoms with Crippen LogP contribution >= 0.6 is 11.6 Å². The number of benzene rings is 1. The summed E-state index contributed by atoms with van der Waals surface area (Å²) in [6.45, 7) is 4.90. The molecule has 1 N–H and O–H groups in total. The summed E-state index contributed by atoms with van der Waals surface area (Å²) in [7, 11) is -3.35. The molecule has 1 aromatic rings. The van der Waals surface area contributed by atoms with Gasteiger partial charge in [-0.2, -0.15) is 4.31 Å². The summed E-state index contributed by atoms with van der Waals surface area (Å²) in [5.74, 6) is -0.227. The fourth-order valence-corrected chi connectivity index (χ4v) is 4.08. The third-order valence-corrected chi connectivity index (χ3v) is 5.80. The van der Waals surface area contributed by atoms with Crippen molar-refractivity contribution in [1.82, 2.24) is 9.62 Å². The minimum absolute atomic E-state index is 0.227. The number of carbonyl (C=O) groups excluding carboxylic acids is 1. The van der Waals surface area contributed by atoms with E-state index in [1.165, 1.54) is 4.31 Å². The van der Waals surface area contributed by atoms with Crippen LogP contribution in [-0.4, -0.2) is 44.0 Å². The second-order valence-corrected chi connectivity index (χ2v) is 9.01. The van der Waals surface area contributed by atoms with Crippen molar-refractivity contribution >= 4 is 27.5 Å². The van der Waals surface area contributed by atoms with Gasteiger partial charge < -0.3 is 5.32 Å². The zero-order valence-corrected chi connectivity index (χ0v) is 15.2. The molecule has 7 heteroatoms. The topological polar surface area (TPSA) is 66.5 Å². The molecule has 0 bridgehead atoms. The van der Waals surface area contributed by atoms with Crippen molar-refractivity contribution in [2.45, 2.75) is 38.1 Å². The first-order valence-electron chi connectivity index (χ1n) is 7.62. The van der Waals surface area contributed by atoms with Gasteiger partial charge in [-0.05, 0) is 30.5 Å². The monoisotopic (exact) mass is 358 g/mol. The Morgan fingerprint density at radius 2 is 1.96 bits per heavy atom. The second kappa shape index (κ2) is 6.79. The van der Waals surface area contributed by atoms with Crippen LogP contribution in [0.5, 0.6) is 0 Å². The molecule has 1 saturated heterocycles. The van der Waals surface area contributed by atoms with Crippen LogP contribution in [0, 0.1) is 0 Å². The summed E-state index contributed by atoms with van der Waals surface area (Å²) in [4.78, 5) is 12.4. The SMILES string of the molecule is CC(C)(CNC(=O)[C@H]1CCCN1S(C)(=O)=O)c1ccc(Cl)cc1.